The fraction of sp³-hybridized carbons (Fsp3) is 0.333. The molecule has 156 valence electrons. The first kappa shape index (κ1) is 29.9. The third kappa shape index (κ3) is 16.6. The van der Waals surface area contributed by atoms with Gasteiger partial charge in [-0.15, -0.1) is 0 Å². The van der Waals surface area contributed by atoms with Crippen LogP contribution in [-0.4, -0.2) is 26.2 Å². The minimum atomic E-state index is -0.334. The van der Waals surface area contributed by atoms with Gasteiger partial charge in [0.25, 0.3) is 0 Å². The van der Waals surface area contributed by atoms with Crippen LogP contribution >= 0.6 is 0 Å². The summed E-state index contributed by atoms with van der Waals surface area (Å²) in [7, 11) is 2.73. The average molecular weight is 389 g/mol. The van der Waals surface area contributed by atoms with Gasteiger partial charge in [-0.1, -0.05) is 90.1 Å². The van der Waals surface area contributed by atoms with Crippen LogP contribution in [0.15, 0.2) is 66.7 Å². The maximum atomic E-state index is 10.8. The van der Waals surface area contributed by atoms with E-state index < -0.39 is 0 Å². The summed E-state index contributed by atoms with van der Waals surface area (Å²) in [6.07, 6.45) is 3.11. The minimum absolute atomic E-state index is 0.291. The van der Waals surface area contributed by atoms with E-state index in [9.17, 15) is 9.59 Å². The van der Waals surface area contributed by atoms with Crippen LogP contribution in [0.25, 0.3) is 6.08 Å². The highest BCUT2D eigenvalue weighted by Crippen LogP contribution is 2.00. The number of methoxy groups -OCH3 is 2. The van der Waals surface area contributed by atoms with Crippen molar-refractivity contribution in [1.82, 2.24) is 0 Å². The van der Waals surface area contributed by atoms with E-state index in [0.717, 1.165) is 5.56 Å². The van der Waals surface area contributed by atoms with Gasteiger partial charge in [-0.25, -0.2) is 9.59 Å². The summed E-state index contributed by atoms with van der Waals surface area (Å²) in [5.74, 6) is -0.626. The second-order valence-electron chi connectivity index (χ2n) is 4.12. The first-order chi connectivity index (χ1) is 13.7. The standard InChI is InChI=1S/C10H10O2.C8H8O2.3C2H6/c1-12-10(11)8-7-9-5-3-2-4-6-9;1-10-8(9)7-5-3-2-4-6-7;3*1-2/h2-8H,1H3;2-6H,1H3;3*1-2H3/b8-7+;;;;. The Morgan fingerprint density at radius 2 is 1.11 bits per heavy atom. The third-order valence-electron chi connectivity index (χ3n) is 2.61. The molecule has 2 aromatic carbocycles. The summed E-state index contributed by atoms with van der Waals surface area (Å²) in [6.45, 7) is 12.0. The zero-order chi connectivity index (χ0) is 22.2. The number of rotatable bonds is 3. The minimum Gasteiger partial charge on any atom is -0.466 e. The third-order valence-corrected chi connectivity index (χ3v) is 2.61. The SMILES string of the molecule is CC.CC.CC.COC(=O)/C=C/c1ccccc1.COC(=O)c1ccccc1. The van der Waals surface area contributed by atoms with Crippen molar-refractivity contribution in [2.24, 2.45) is 0 Å². The fourth-order valence-corrected chi connectivity index (χ4v) is 1.49. The molecule has 0 fully saturated rings. The zero-order valence-electron chi connectivity index (χ0n) is 18.6. The van der Waals surface area contributed by atoms with Crippen LogP contribution in [0, 0.1) is 0 Å². The summed E-state index contributed by atoms with van der Waals surface area (Å²) < 4.78 is 8.94. The van der Waals surface area contributed by atoms with Crippen molar-refractivity contribution in [3.05, 3.63) is 77.9 Å². The fourth-order valence-electron chi connectivity index (χ4n) is 1.49. The van der Waals surface area contributed by atoms with E-state index >= 15 is 0 Å². The van der Waals surface area contributed by atoms with Crippen LogP contribution in [0.2, 0.25) is 0 Å². The van der Waals surface area contributed by atoms with Gasteiger partial charge in [-0.3, -0.25) is 0 Å². The van der Waals surface area contributed by atoms with E-state index in [4.69, 9.17) is 0 Å². The Balaban J connectivity index is -0.000000355. The summed E-state index contributed by atoms with van der Waals surface area (Å²) in [5.41, 5.74) is 1.58. The normalized spacial score (nSPS) is 8.14. The molecule has 4 heteroatoms. The molecule has 0 unspecified atom stereocenters. The molecule has 0 aliphatic rings. The molecule has 0 saturated carbocycles. The van der Waals surface area contributed by atoms with Gasteiger partial charge >= 0.3 is 11.9 Å². The van der Waals surface area contributed by atoms with Crippen molar-refractivity contribution >= 4 is 18.0 Å². The molecule has 2 aromatic rings. The molecule has 2 rings (SSSR count). The summed E-state index contributed by atoms with van der Waals surface area (Å²) in [6, 6.07) is 18.5. The molecule has 0 saturated heterocycles. The van der Waals surface area contributed by atoms with Gasteiger partial charge in [-0.05, 0) is 23.8 Å². The first-order valence-corrected chi connectivity index (χ1v) is 9.62. The number of carbonyl (C=O) groups is 2. The maximum Gasteiger partial charge on any atom is 0.337 e. The maximum absolute atomic E-state index is 10.8. The van der Waals surface area contributed by atoms with Crippen molar-refractivity contribution in [1.29, 1.82) is 0 Å². The lowest BCUT2D eigenvalue weighted by atomic mass is 10.2. The van der Waals surface area contributed by atoms with Crippen LogP contribution in [0.5, 0.6) is 0 Å². The Labute approximate surface area is 171 Å². The molecule has 0 radical (unpaired) electrons. The Hall–Kier alpha value is -2.88. The Morgan fingerprint density at radius 3 is 1.50 bits per heavy atom. The number of carbonyl (C=O) groups excluding carboxylic acids is 2. The largest absolute Gasteiger partial charge is 0.466 e. The summed E-state index contributed by atoms with van der Waals surface area (Å²) in [4.78, 5) is 21.5. The second kappa shape index (κ2) is 24.1. The lowest BCUT2D eigenvalue weighted by Gasteiger charge is -1.95. The van der Waals surface area contributed by atoms with Gasteiger partial charge in [0, 0.05) is 6.08 Å². The number of esters is 2. The van der Waals surface area contributed by atoms with E-state index in [-0.39, 0.29) is 11.9 Å². The smallest absolute Gasteiger partial charge is 0.337 e. The van der Waals surface area contributed by atoms with Crippen molar-refractivity contribution < 1.29 is 19.1 Å². The van der Waals surface area contributed by atoms with E-state index in [1.165, 1.54) is 20.3 Å². The molecule has 28 heavy (non-hydrogen) atoms. The molecule has 0 N–H and O–H groups in total. The molecule has 0 aromatic heterocycles. The number of hydrogen-bond acceptors (Lipinski definition) is 4. The quantitative estimate of drug-likeness (QED) is 0.449. The first-order valence-electron chi connectivity index (χ1n) is 9.62. The number of benzene rings is 2. The van der Waals surface area contributed by atoms with Crippen LogP contribution in [-0.2, 0) is 14.3 Å². The predicted molar refractivity (Wildman–Crippen MR) is 119 cm³/mol. The number of ether oxygens (including phenoxy) is 2. The van der Waals surface area contributed by atoms with E-state index in [2.05, 4.69) is 9.47 Å². The van der Waals surface area contributed by atoms with Gasteiger partial charge < -0.3 is 9.47 Å². The highest BCUT2D eigenvalue weighted by molar-refractivity contribution is 5.89. The number of hydrogen-bond donors (Lipinski definition) is 0. The topological polar surface area (TPSA) is 52.6 Å². The van der Waals surface area contributed by atoms with Crippen LogP contribution in [0.1, 0.15) is 57.5 Å². The van der Waals surface area contributed by atoms with Gasteiger partial charge in [0.15, 0.2) is 0 Å². The predicted octanol–water partition coefficient (Wildman–Crippen LogP) is 6.42. The Bertz CT molecular complexity index is 605. The van der Waals surface area contributed by atoms with Crippen LogP contribution in [0.4, 0.5) is 0 Å². The van der Waals surface area contributed by atoms with Gasteiger partial charge in [0.05, 0.1) is 19.8 Å². The monoisotopic (exact) mass is 388 g/mol. The van der Waals surface area contributed by atoms with E-state index in [1.807, 2.05) is 77.9 Å². The van der Waals surface area contributed by atoms with Gasteiger partial charge in [0.1, 0.15) is 0 Å². The second-order valence-corrected chi connectivity index (χ2v) is 4.12. The summed E-state index contributed by atoms with van der Waals surface area (Å²) >= 11 is 0. The van der Waals surface area contributed by atoms with Crippen molar-refractivity contribution in [3.8, 4) is 0 Å². The molecular weight excluding hydrogens is 352 g/mol. The molecule has 0 aliphatic heterocycles. The molecule has 0 amide bonds. The summed E-state index contributed by atoms with van der Waals surface area (Å²) in [5, 5.41) is 0. The molecular formula is C24H36O4. The Morgan fingerprint density at radius 1 is 0.679 bits per heavy atom. The lowest BCUT2D eigenvalue weighted by molar-refractivity contribution is -0.134. The van der Waals surface area contributed by atoms with E-state index in [0.29, 0.717) is 5.56 Å². The molecule has 0 aliphatic carbocycles. The molecule has 0 heterocycles. The zero-order valence-corrected chi connectivity index (χ0v) is 18.6. The van der Waals surface area contributed by atoms with Crippen LogP contribution < -0.4 is 0 Å². The molecule has 0 bridgehead atoms. The van der Waals surface area contributed by atoms with Crippen molar-refractivity contribution in [3.63, 3.8) is 0 Å². The Kier molecular flexibility index (Phi) is 25.7. The highest BCUT2D eigenvalue weighted by Gasteiger charge is 2.00. The van der Waals surface area contributed by atoms with Crippen molar-refractivity contribution in [2.45, 2.75) is 41.5 Å². The van der Waals surface area contributed by atoms with E-state index in [1.54, 1.807) is 30.3 Å². The van der Waals surface area contributed by atoms with Gasteiger partial charge in [-0.2, -0.15) is 0 Å². The lowest BCUT2D eigenvalue weighted by Crippen LogP contribution is -1.99. The van der Waals surface area contributed by atoms with Gasteiger partial charge in [0.2, 0.25) is 0 Å². The molecule has 4 nitrogen and oxygen atoms in total. The highest BCUT2D eigenvalue weighted by atomic mass is 16.5. The van der Waals surface area contributed by atoms with Crippen LogP contribution in [0.3, 0.4) is 0 Å². The molecule has 0 atom stereocenters. The average Bonchev–Trinajstić information content (AvgIpc) is 2.82. The molecule has 0 spiro atoms. The van der Waals surface area contributed by atoms with Crippen molar-refractivity contribution in [2.75, 3.05) is 14.2 Å².